The Hall–Kier alpha value is -1.42. The molecule has 1 aromatic rings. The zero-order valence-corrected chi connectivity index (χ0v) is 11.0. The van der Waals surface area contributed by atoms with Crippen molar-refractivity contribution in [3.63, 3.8) is 0 Å². The number of halogens is 1. The van der Waals surface area contributed by atoms with Crippen molar-refractivity contribution in [3.8, 4) is 0 Å². The molecular formula is C14H19FN2O. The highest BCUT2D eigenvalue weighted by Crippen LogP contribution is 2.28. The number of hydrogen-bond donors (Lipinski definition) is 1. The highest BCUT2D eigenvalue weighted by Gasteiger charge is 2.36. The smallest absolute Gasteiger partial charge is 0.238 e. The Morgan fingerprint density at radius 2 is 2.00 bits per heavy atom. The Labute approximate surface area is 107 Å². The first-order valence-electron chi connectivity index (χ1n) is 6.31. The minimum Gasteiger partial charge on any atom is -0.319 e. The largest absolute Gasteiger partial charge is 0.319 e. The summed E-state index contributed by atoms with van der Waals surface area (Å²) in [5.41, 5.74) is 0.538. The number of carbonyl (C=O) groups is 1. The summed E-state index contributed by atoms with van der Waals surface area (Å²) < 4.78 is 13.8. The van der Waals surface area contributed by atoms with Crippen molar-refractivity contribution in [2.45, 2.75) is 33.0 Å². The van der Waals surface area contributed by atoms with Crippen LogP contribution in [0, 0.1) is 11.7 Å². The van der Waals surface area contributed by atoms with Crippen LogP contribution < -0.4 is 5.32 Å². The molecule has 1 aliphatic heterocycles. The fourth-order valence-electron chi connectivity index (χ4n) is 2.26. The van der Waals surface area contributed by atoms with Crippen LogP contribution in [0.2, 0.25) is 0 Å². The number of hydrogen-bond acceptors (Lipinski definition) is 2. The van der Waals surface area contributed by atoms with Crippen molar-refractivity contribution < 1.29 is 9.18 Å². The number of amides is 1. The molecule has 0 spiro atoms. The van der Waals surface area contributed by atoms with Gasteiger partial charge >= 0.3 is 0 Å². The molecule has 98 valence electrons. The minimum atomic E-state index is -0.351. The maximum absolute atomic E-state index is 13.8. The van der Waals surface area contributed by atoms with E-state index >= 15 is 0 Å². The Kier molecular flexibility index (Phi) is 3.66. The predicted molar refractivity (Wildman–Crippen MR) is 68.3 cm³/mol. The van der Waals surface area contributed by atoms with Crippen LogP contribution in [0.15, 0.2) is 24.3 Å². The summed E-state index contributed by atoms with van der Waals surface area (Å²) in [6, 6.07) is 6.69. The van der Waals surface area contributed by atoms with E-state index in [9.17, 15) is 9.18 Å². The van der Waals surface area contributed by atoms with Gasteiger partial charge in [-0.1, -0.05) is 32.0 Å². The Bertz CT molecular complexity index is 447. The molecule has 1 fully saturated rings. The second-order valence-corrected chi connectivity index (χ2v) is 5.09. The normalized spacial score (nSPS) is 21.7. The molecule has 1 aliphatic rings. The molecule has 3 nitrogen and oxygen atoms in total. The van der Waals surface area contributed by atoms with E-state index in [0.717, 1.165) is 0 Å². The second kappa shape index (κ2) is 5.06. The first-order chi connectivity index (χ1) is 8.52. The molecule has 1 N–H and O–H groups in total. The maximum atomic E-state index is 13.8. The third kappa shape index (κ3) is 2.25. The molecule has 0 aromatic heterocycles. The minimum absolute atomic E-state index is 0.0319. The topological polar surface area (TPSA) is 32.3 Å². The lowest BCUT2D eigenvalue weighted by atomic mass is 10.0. The third-order valence-corrected chi connectivity index (χ3v) is 3.62. The Balaban J connectivity index is 2.33. The van der Waals surface area contributed by atoms with Crippen LogP contribution in [-0.4, -0.2) is 23.4 Å². The van der Waals surface area contributed by atoms with Gasteiger partial charge in [0.05, 0.1) is 6.54 Å². The lowest BCUT2D eigenvalue weighted by molar-refractivity contribution is -0.130. The fourth-order valence-corrected chi connectivity index (χ4v) is 2.26. The summed E-state index contributed by atoms with van der Waals surface area (Å²) in [5.74, 6) is 0.0956. The van der Waals surface area contributed by atoms with Crippen molar-refractivity contribution in [2.75, 3.05) is 6.54 Å². The summed E-state index contributed by atoms with van der Waals surface area (Å²) in [7, 11) is 0. The molecule has 18 heavy (non-hydrogen) atoms. The highest BCUT2D eigenvalue weighted by atomic mass is 19.1. The number of carbonyl (C=O) groups excluding carboxylic acids is 1. The van der Waals surface area contributed by atoms with E-state index in [1.807, 2.05) is 6.92 Å². The average molecular weight is 250 g/mol. The van der Waals surface area contributed by atoms with E-state index in [0.29, 0.717) is 11.5 Å². The standard InChI is InChI=1S/C14H19FN2O/c1-9(2)10(3)17-13(18)8-16-14(17)11-6-4-5-7-12(11)15/h4-7,9-10,14,16H,8H2,1-3H3. The van der Waals surface area contributed by atoms with E-state index < -0.39 is 0 Å². The average Bonchev–Trinajstić information content (AvgIpc) is 2.70. The van der Waals surface area contributed by atoms with Crippen molar-refractivity contribution in [1.82, 2.24) is 10.2 Å². The fraction of sp³-hybridized carbons (Fsp3) is 0.500. The van der Waals surface area contributed by atoms with Crippen LogP contribution in [0.5, 0.6) is 0 Å². The van der Waals surface area contributed by atoms with E-state index in [-0.39, 0.29) is 30.5 Å². The maximum Gasteiger partial charge on any atom is 0.238 e. The molecule has 2 atom stereocenters. The monoisotopic (exact) mass is 250 g/mol. The SMILES string of the molecule is CC(C)C(C)N1C(=O)CNC1c1ccccc1F. The van der Waals surface area contributed by atoms with Gasteiger partial charge in [0.25, 0.3) is 0 Å². The quantitative estimate of drug-likeness (QED) is 0.892. The van der Waals surface area contributed by atoms with Crippen LogP contribution in [0.4, 0.5) is 4.39 Å². The Morgan fingerprint density at radius 3 is 2.61 bits per heavy atom. The molecule has 1 saturated heterocycles. The summed E-state index contributed by atoms with van der Waals surface area (Å²) in [6.07, 6.45) is -0.351. The van der Waals surface area contributed by atoms with Gasteiger partial charge in [0, 0.05) is 11.6 Å². The second-order valence-electron chi connectivity index (χ2n) is 5.09. The van der Waals surface area contributed by atoms with Gasteiger partial charge in [0.15, 0.2) is 0 Å². The molecule has 2 rings (SSSR count). The van der Waals surface area contributed by atoms with Crippen molar-refractivity contribution in [2.24, 2.45) is 5.92 Å². The molecule has 0 saturated carbocycles. The summed E-state index contributed by atoms with van der Waals surface area (Å²) >= 11 is 0. The molecule has 1 heterocycles. The van der Waals surface area contributed by atoms with Crippen LogP contribution >= 0.6 is 0 Å². The van der Waals surface area contributed by atoms with Gasteiger partial charge in [-0.05, 0) is 18.9 Å². The van der Waals surface area contributed by atoms with Crippen LogP contribution in [0.1, 0.15) is 32.5 Å². The van der Waals surface area contributed by atoms with Gasteiger partial charge < -0.3 is 4.90 Å². The van der Waals surface area contributed by atoms with Crippen LogP contribution in [-0.2, 0) is 4.79 Å². The van der Waals surface area contributed by atoms with E-state index in [1.165, 1.54) is 6.07 Å². The molecular weight excluding hydrogens is 231 g/mol. The number of nitrogens with zero attached hydrogens (tertiary/aromatic N) is 1. The first-order valence-corrected chi connectivity index (χ1v) is 6.31. The van der Waals surface area contributed by atoms with Gasteiger partial charge in [-0.2, -0.15) is 0 Å². The molecule has 0 radical (unpaired) electrons. The van der Waals surface area contributed by atoms with E-state index in [4.69, 9.17) is 0 Å². The van der Waals surface area contributed by atoms with E-state index in [2.05, 4.69) is 19.2 Å². The zero-order valence-electron chi connectivity index (χ0n) is 11.0. The third-order valence-electron chi connectivity index (χ3n) is 3.62. The number of rotatable bonds is 3. The summed E-state index contributed by atoms with van der Waals surface area (Å²) in [4.78, 5) is 13.7. The van der Waals surface area contributed by atoms with Crippen LogP contribution in [0.25, 0.3) is 0 Å². The summed E-state index contributed by atoms with van der Waals surface area (Å²) in [5, 5.41) is 3.09. The lowest BCUT2D eigenvalue weighted by Gasteiger charge is -2.33. The van der Waals surface area contributed by atoms with Gasteiger partial charge in [-0.25, -0.2) is 4.39 Å². The van der Waals surface area contributed by atoms with Gasteiger partial charge in [-0.15, -0.1) is 0 Å². The van der Waals surface area contributed by atoms with Crippen molar-refractivity contribution >= 4 is 5.91 Å². The van der Waals surface area contributed by atoms with Gasteiger partial charge in [0.2, 0.25) is 5.91 Å². The molecule has 1 aromatic carbocycles. The van der Waals surface area contributed by atoms with Crippen molar-refractivity contribution in [3.05, 3.63) is 35.6 Å². The first kappa shape index (κ1) is 13.0. The molecule has 0 aliphatic carbocycles. The van der Waals surface area contributed by atoms with Crippen LogP contribution in [0.3, 0.4) is 0 Å². The summed E-state index contributed by atoms with van der Waals surface area (Å²) in [6.45, 7) is 6.41. The Morgan fingerprint density at radius 1 is 1.33 bits per heavy atom. The predicted octanol–water partition coefficient (Wildman–Crippen LogP) is 2.30. The van der Waals surface area contributed by atoms with E-state index in [1.54, 1.807) is 23.1 Å². The molecule has 4 heteroatoms. The zero-order chi connectivity index (χ0) is 13.3. The molecule has 1 amide bonds. The van der Waals surface area contributed by atoms with Gasteiger partial charge in [0.1, 0.15) is 12.0 Å². The highest BCUT2D eigenvalue weighted by molar-refractivity contribution is 5.81. The number of benzene rings is 1. The van der Waals surface area contributed by atoms with Gasteiger partial charge in [-0.3, -0.25) is 10.1 Å². The number of nitrogens with one attached hydrogen (secondary N) is 1. The lowest BCUT2D eigenvalue weighted by Crippen LogP contribution is -2.41. The van der Waals surface area contributed by atoms with Crippen molar-refractivity contribution in [1.29, 1.82) is 0 Å². The molecule has 0 bridgehead atoms. The molecule has 2 unspecified atom stereocenters.